The van der Waals surface area contributed by atoms with E-state index < -0.39 is 91.5 Å². The second-order valence-corrected chi connectivity index (χ2v) is 28.3. The molecule has 4 N–H and O–H groups in total. The van der Waals surface area contributed by atoms with Gasteiger partial charge in [0.05, 0.1) is 26.4 Å². The molecule has 5 unspecified atom stereocenters. The first kappa shape index (κ1) is 93.2. The Kier molecular flexibility index (Phi) is 69.2. The van der Waals surface area contributed by atoms with Crippen molar-refractivity contribution in [1.82, 2.24) is 0 Å². The number of esters is 3. The average Bonchev–Trinajstić information content (AvgIpc) is 1.58. The molecule has 0 aromatic rings. The molecule has 0 aromatic carbocycles. The molecule has 0 saturated carbocycles. The normalized spacial score (nSPS) is 14.7. The molecule has 0 amide bonds. The average molecular weight is 1410 g/mol. The zero-order chi connectivity index (χ0) is 70.9. The van der Waals surface area contributed by atoms with Crippen LogP contribution in [0.4, 0.5) is 0 Å². The van der Waals surface area contributed by atoms with Crippen LogP contribution in [-0.2, 0) is 55.8 Å². The van der Waals surface area contributed by atoms with Crippen LogP contribution < -0.4 is 0 Å². The fourth-order valence-corrected chi connectivity index (χ4v) is 11.8. The van der Waals surface area contributed by atoms with E-state index in [2.05, 4.69) is 130 Å². The second kappa shape index (κ2) is 72.0. The molecular weight excluding hydrogens is 1270 g/mol. The molecule has 0 saturated heterocycles. The predicted octanol–water partition coefficient (Wildman–Crippen LogP) is 22.0. The van der Waals surface area contributed by atoms with E-state index in [9.17, 15) is 43.5 Å². The van der Waals surface area contributed by atoms with Crippen LogP contribution in [0.3, 0.4) is 0 Å². The van der Waals surface area contributed by atoms with Crippen molar-refractivity contribution in [3.8, 4) is 0 Å². The number of hydrogen-bond acceptors (Lipinski definition) is 14. The minimum Gasteiger partial charge on any atom is -0.463 e. The molecule has 0 fully saturated rings. The van der Waals surface area contributed by atoms with Crippen LogP contribution in [0.2, 0.25) is 0 Å². The lowest BCUT2D eigenvalue weighted by Crippen LogP contribution is -2.30. The van der Waals surface area contributed by atoms with Gasteiger partial charge >= 0.3 is 33.6 Å². The van der Waals surface area contributed by atoms with Gasteiger partial charge in [-0.2, -0.15) is 0 Å². The SMILES string of the molecule is CC/C=C\C/C=C\C/C=C\C/C=C\C/C=C\CCCCCCCCCCCC(=O)OCC(O)COP(=O)(O)OCC(O)COP(=O)(O)OCC(COC(=O)CCCCCCCCC/C=C\C/C=C\C/C=C\C/C=C\CCCCC)OC(=O)CCCCCCCCCCCCCCC. The number of hydrogen-bond donors (Lipinski definition) is 4. The third-order valence-corrected chi connectivity index (χ3v) is 17.9. The molecule has 0 rings (SSSR count). The quantitative estimate of drug-likeness (QED) is 0.0146. The summed E-state index contributed by atoms with van der Waals surface area (Å²) in [5.74, 6) is -1.58. The third kappa shape index (κ3) is 73.3. The van der Waals surface area contributed by atoms with E-state index in [1.807, 2.05) is 0 Å². The van der Waals surface area contributed by atoms with Crippen LogP contribution in [0.1, 0.15) is 316 Å². The van der Waals surface area contributed by atoms with Gasteiger partial charge in [-0.1, -0.05) is 297 Å². The summed E-state index contributed by atoms with van der Waals surface area (Å²) in [6.45, 7) is 2.54. The van der Waals surface area contributed by atoms with Crippen molar-refractivity contribution >= 4 is 33.6 Å². The maximum atomic E-state index is 12.9. The number of rotatable bonds is 72. The summed E-state index contributed by atoms with van der Waals surface area (Å²) in [6.07, 6.45) is 82.7. The van der Waals surface area contributed by atoms with E-state index in [4.69, 9.17) is 32.3 Å². The number of allylic oxidation sites excluding steroid dienone is 18. The van der Waals surface area contributed by atoms with Gasteiger partial charge in [-0.05, 0) is 109 Å². The summed E-state index contributed by atoms with van der Waals surface area (Å²) in [4.78, 5) is 58.6. The molecule has 0 aliphatic heterocycles. The standard InChI is InChI=1S/C79H138O16P2/c1-4-7-10-13-16-19-22-25-27-29-31-33-35-36-38-40-41-43-45-48-50-53-56-59-62-65-77(82)89-68-74(80)69-91-96(85,86)92-70-75(81)71-93-97(87,88)94-73-76(95-79(84)67-64-61-58-55-52-47-24-21-18-15-12-9-6-3)72-90-78(83)66-63-60-57-54-51-49-46-44-42-39-37-34-32-30-28-26-23-20-17-14-11-8-5-2/h7,10,16-17,19-20,25-28,31-34,36,38-39,42,74-76,80-81H,4-6,8-9,11-15,18,21-24,29-30,35,37,40-41,43-73H2,1-3H3,(H,85,86)(H,87,88)/b10-7-,19-16-,20-17-,27-25-,28-26-,33-31-,34-32-,38-36-,42-39-. The van der Waals surface area contributed by atoms with Gasteiger partial charge in [0.15, 0.2) is 6.10 Å². The Morgan fingerprint density at radius 1 is 0.299 bits per heavy atom. The summed E-state index contributed by atoms with van der Waals surface area (Å²) in [5, 5.41) is 20.6. The van der Waals surface area contributed by atoms with E-state index >= 15 is 0 Å². The highest BCUT2D eigenvalue weighted by molar-refractivity contribution is 7.47. The van der Waals surface area contributed by atoms with Crippen LogP contribution in [0.25, 0.3) is 0 Å². The minimum atomic E-state index is -4.93. The largest absolute Gasteiger partial charge is 0.472 e. The molecule has 0 bridgehead atoms. The Labute approximate surface area is 590 Å². The van der Waals surface area contributed by atoms with E-state index in [1.54, 1.807) is 0 Å². The smallest absolute Gasteiger partial charge is 0.463 e. The molecule has 16 nitrogen and oxygen atoms in total. The van der Waals surface area contributed by atoms with Crippen molar-refractivity contribution in [3.05, 3.63) is 109 Å². The van der Waals surface area contributed by atoms with E-state index in [0.717, 1.165) is 154 Å². The van der Waals surface area contributed by atoms with Gasteiger partial charge in [0.1, 0.15) is 25.4 Å². The molecule has 5 atom stereocenters. The van der Waals surface area contributed by atoms with Crippen molar-refractivity contribution < 1.29 is 75.8 Å². The van der Waals surface area contributed by atoms with Crippen molar-refractivity contribution in [3.63, 3.8) is 0 Å². The molecule has 560 valence electrons. The fraction of sp³-hybridized carbons (Fsp3) is 0.734. The number of phosphoric acid groups is 2. The van der Waals surface area contributed by atoms with Gasteiger partial charge in [0, 0.05) is 19.3 Å². The molecule has 0 aliphatic rings. The molecule has 0 aromatic heterocycles. The van der Waals surface area contributed by atoms with E-state index in [0.29, 0.717) is 19.3 Å². The second-order valence-electron chi connectivity index (χ2n) is 25.4. The van der Waals surface area contributed by atoms with E-state index in [-0.39, 0.29) is 19.3 Å². The lowest BCUT2D eigenvalue weighted by molar-refractivity contribution is -0.161. The highest BCUT2D eigenvalue weighted by Crippen LogP contribution is 2.45. The first-order chi connectivity index (χ1) is 47.2. The van der Waals surface area contributed by atoms with Crippen LogP contribution >= 0.6 is 15.6 Å². The van der Waals surface area contributed by atoms with Gasteiger partial charge in [0.2, 0.25) is 0 Å². The van der Waals surface area contributed by atoms with Crippen molar-refractivity contribution in [2.75, 3.05) is 39.6 Å². The number of phosphoric ester groups is 2. The van der Waals surface area contributed by atoms with Crippen molar-refractivity contribution in [1.29, 1.82) is 0 Å². The Bertz CT molecular complexity index is 2200. The van der Waals surface area contributed by atoms with Crippen LogP contribution in [0.15, 0.2) is 109 Å². The van der Waals surface area contributed by atoms with E-state index in [1.165, 1.54) is 103 Å². The first-order valence-corrected chi connectivity index (χ1v) is 41.2. The number of aliphatic hydroxyl groups is 2. The lowest BCUT2D eigenvalue weighted by Gasteiger charge is -2.21. The molecule has 0 spiro atoms. The Balaban J connectivity index is 4.57. The highest BCUT2D eigenvalue weighted by atomic mass is 31.2. The lowest BCUT2D eigenvalue weighted by atomic mass is 10.0. The fourth-order valence-electron chi connectivity index (χ4n) is 10.2. The summed E-state index contributed by atoms with van der Waals surface area (Å²) in [7, 11) is -9.78. The van der Waals surface area contributed by atoms with Gasteiger partial charge in [0.25, 0.3) is 0 Å². The first-order valence-electron chi connectivity index (χ1n) is 38.2. The predicted molar refractivity (Wildman–Crippen MR) is 399 cm³/mol. The third-order valence-electron chi connectivity index (χ3n) is 16.0. The Morgan fingerprint density at radius 3 is 0.887 bits per heavy atom. The topological polar surface area (TPSA) is 231 Å². The molecule has 18 heteroatoms. The number of carbonyl (C=O) groups is 3. The summed E-state index contributed by atoms with van der Waals surface area (Å²) in [5.41, 5.74) is 0. The molecule has 0 heterocycles. The van der Waals surface area contributed by atoms with Crippen molar-refractivity contribution in [2.45, 2.75) is 334 Å². The number of ether oxygens (including phenoxy) is 3. The number of carbonyl (C=O) groups excluding carboxylic acids is 3. The minimum absolute atomic E-state index is 0.104. The molecule has 0 radical (unpaired) electrons. The van der Waals surface area contributed by atoms with Gasteiger partial charge in [-0.25, -0.2) is 9.13 Å². The number of aliphatic hydroxyl groups excluding tert-OH is 2. The molecule has 97 heavy (non-hydrogen) atoms. The zero-order valence-corrected chi connectivity index (χ0v) is 62.8. The molecule has 0 aliphatic carbocycles. The van der Waals surface area contributed by atoms with Gasteiger partial charge in [-0.3, -0.25) is 32.5 Å². The summed E-state index contributed by atoms with van der Waals surface area (Å²) < 4.78 is 61.1. The van der Waals surface area contributed by atoms with Crippen LogP contribution in [0, 0.1) is 0 Å². The summed E-state index contributed by atoms with van der Waals surface area (Å²) in [6, 6.07) is 0. The highest BCUT2D eigenvalue weighted by Gasteiger charge is 2.29. The number of unbranched alkanes of at least 4 members (excludes halogenated alkanes) is 31. The maximum absolute atomic E-state index is 12.9. The van der Waals surface area contributed by atoms with Crippen molar-refractivity contribution in [2.24, 2.45) is 0 Å². The monoisotopic (exact) mass is 1400 g/mol. The summed E-state index contributed by atoms with van der Waals surface area (Å²) >= 11 is 0. The van der Waals surface area contributed by atoms with Gasteiger partial charge < -0.3 is 34.2 Å². The zero-order valence-electron chi connectivity index (χ0n) is 61.0. The van der Waals surface area contributed by atoms with Gasteiger partial charge in [-0.15, -0.1) is 0 Å². The maximum Gasteiger partial charge on any atom is 0.472 e. The molecular formula is C79H138O16P2. The Morgan fingerprint density at radius 2 is 0.546 bits per heavy atom. The van der Waals surface area contributed by atoms with Crippen LogP contribution in [-0.4, -0.2) is 95.9 Å². The van der Waals surface area contributed by atoms with Crippen LogP contribution in [0.5, 0.6) is 0 Å². The Hall–Kier alpha value is -3.79.